The normalized spacial score (nSPS) is 10.9. The van der Waals surface area contributed by atoms with Gasteiger partial charge in [-0.2, -0.15) is 5.10 Å². The van der Waals surface area contributed by atoms with E-state index in [-0.39, 0.29) is 5.91 Å². The van der Waals surface area contributed by atoms with Crippen molar-refractivity contribution >= 4 is 23.0 Å². The summed E-state index contributed by atoms with van der Waals surface area (Å²) >= 11 is 0. The van der Waals surface area contributed by atoms with Gasteiger partial charge in [0, 0.05) is 16.5 Å². The third-order valence-electron chi connectivity index (χ3n) is 4.14. The molecule has 3 rings (SSSR count). The monoisotopic (exact) mass is 383 g/mol. The first kappa shape index (κ1) is 19.1. The molecule has 0 aliphatic rings. The van der Waals surface area contributed by atoms with Crippen LogP contribution >= 0.6 is 0 Å². The number of H-pyrrole nitrogens is 1. The topological polar surface area (TPSA) is 94.2 Å². The number of carbonyl (C=O) groups excluding carboxylic acids is 1. The summed E-state index contributed by atoms with van der Waals surface area (Å²) < 4.78 is 21.1. The predicted octanol–water partition coefficient (Wildman–Crippen LogP) is 2.97. The molecule has 1 amide bonds. The van der Waals surface area contributed by atoms with Crippen LogP contribution in [-0.4, -0.2) is 45.5 Å². The average Bonchev–Trinajstić information content (AvgIpc) is 3.16. The molecule has 0 aliphatic carbocycles. The molecule has 0 bridgehead atoms. The molecule has 0 spiro atoms. The Labute approximate surface area is 162 Å². The number of rotatable bonds is 7. The Balaban J connectivity index is 1.76. The standard InChI is InChI=1S/C20H21N3O5/c1-25-14-5-6-15-13(9-14)10-16(22-15)20(24)23-21-11-12-7-17(26-2)19(28-4)18(8-12)27-3/h5-11,22H,1-4H3,(H,23,24). The molecule has 0 saturated heterocycles. The van der Waals surface area contributed by atoms with Gasteiger partial charge in [0.25, 0.3) is 5.91 Å². The molecular formula is C20H21N3O5. The number of hydrogen-bond donors (Lipinski definition) is 2. The van der Waals surface area contributed by atoms with Gasteiger partial charge in [-0.15, -0.1) is 0 Å². The maximum absolute atomic E-state index is 12.3. The fourth-order valence-electron chi connectivity index (χ4n) is 2.76. The number of ether oxygens (including phenoxy) is 4. The van der Waals surface area contributed by atoms with Gasteiger partial charge in [-0.05, 0) is 36.4 Å². The van der Waals surface area contributed by atoms with Crippen molar-refractivity contribution in [3.8, 4) is 23.0 Å². The van der Waals surface area contributed by atoms with Gasteiger partial charge >= 0.3 is 0 Å². The van der Waals surface area contributed by atoms with E-state index in [4.69, 9.17) is 18.9 Å². The molecule has 2 aromatic carbocycles. The van der Waals surface area contributed by atoms with E-state index in [1.807, 2.05) is 18.2 Å². The van der Waals surface area contributed by atoms with Gasteiger partial charge in [-0.1, -0.05) is 0 Å². The van der Waals surface area contributed by atoms with Crippen LogP contribution < -0.4 is 24.4 Å². The van der Waals surface area contributed by atoms with E-state index < -0.39 is 0 Å². The Morgan fingerprint density at radius 1 is 0.964 bits per heavy atom. The number of nitrogens with zero attached hydrogens (tertiary/aromatic N) is 1. The molecule has 28 heavy (non-hydrogen) atoms. The summed E-state index contributed by atoms with van der Waals surface area (Å²) in [6.07, 6.45) is 1.49. The minimum absolute atomic E-state index is 0.362. The lowest BCUT2D eigenvalue weighted by molar-refractivity contribution is 0.0951. The number of methoxy groups -OCH3 is 4. The number of hydrogen-bond acceptors (Lipinski definition) is 6. The number of fused-ring (bicyclic) bond motifs is 1. The first-order valence-corrected chi connectivity index (χ1v) is 8.39. The Hall–Kier alpha value is -3.68. The molecule has 1 heterocycles. The van der Waals surface area contributed by atoms with Gasteiger partial charge in [0.15, 0.2) is 11.5 Å². The highest BCUT2D eigenvalue weighted by atomic mass is 16.5. The fourth-order valence-corrected chi connectivity index (χ4v) is 2.76. The Morgan fingerprint density at radius 3 is 2.29 bits per heavy atom. The summed E-state index contributed by atoms with van der Waals surface area (Å²) in [5, 5.41) is 4.88. The second-order valence-corrected chi connectivity index (χ2v) is 5.79. The maximum atomic E-state index is 12.3. The molecule has 0 unspecified atom stereocenters. The third-order valence-corrected chi connectivity index (χ3v) is 4.14. The van der Waals surface area contributed by atoms with Gasteiger partial charge in [0.1, 0.15) is 11.4 Å². The van der Waals surface area contributed by atoms with Crippen LogP contribution in [0.4, 0.5) is 0 Å². The van der Waals surface area contributed by atoms with Crippen LogP contribution in [-0.2, 0) is 0 Å². The zero-order valence-corrected chi connectivity index (χ0v) is 16.0. The molecular weight excluding hydrogens is 362 g/mol. The SMILES string of the molecule is COc1ccc2[nH]c(C(=O)NN=Cc3cc(OC)c(OC)c(OC)c3)cc2c1. The molecule has 0 saturated carbocycles. The first-order chi connectivity index (χ1) is 13.6. The number of aromatic amines is 1. The highest BCUT2D eigenvalue weighted by molar-refractivity contribution is 5.98. The van der Waals surface area contributed by atoms with E-state index in [2.05, 4.69) is 15.5 Å². The second-order valence-electron chi connectivity index (χ2n) is 5.79. The Bertz CT molecular complexity index is 1000. The van der Waals surface area contributed by atoms with Crippen molar-refractivity contribution in [3.63, 3.8) is 0 Å². The average molecular weight is 383 g/mol. The van der Waals surface area contributed by atoms with Crippen LogP contribution in [0, 0.1) is 0 Å². The molecule has 0 atom stereocenters. The fraction of sp³-hybridized carbons (Fsp3) is 0.200. The number of benzene rings is 2. The zero-order valence-electron chi connectivity index (χ0n) is 16.0. The molecule has 8 nitrogen and oxygen atoms in total. The largest absolute Gasteiger partial charge is 0.497 e. The van der Waals surface area contributed by atoms with Crippen molar-refractivity contribution in [2.75, 3.05) is 28.4 Å². The highest BCUT2D eigenvalue weighted by Crippen LogP contribution is 2.37. The summed E-state index contributed by atoms with van der Waals surface area (Å²) in [5.41, 5.74) is 4.40. The lowest BCUT2D eigenvalue weighted by Crippen LogP contribution is -2.17. The van der Waals surface area contributed by atoms with Crippen LogP contribution in [0.25, 0.3) is 10.9 Å². The second kappa shape index (κ2) is 8.34. The molecule has 3 aromatic rings. The van der Waals surface area contributed by atoms with Crippen LogP contribution in [0.3, 0.4) is 0 Å². The number of amides is 1. The third kappa shape index (κ3) is 3.85. The van der Waals surface area contributed by atoms with E-state index in [0.29, 0.717) is 28.5 Å². The summed E-state index contributed by atoms with van der Waals surface area (Å²) in [5.74, 6) is 1.84. The van der Waals surface area contributed by atoms with Gasteiger partial charge in [0.2, 0.25) is 5.75 Å². The highest BCUT2D eigenvalue weighted by Gasteiger charge is 2.13. The minimum Gasteiger partial charge on any atom is -0.497 e. The summed E-state index contributed by atoms with van der Waals surface area (Å²) in [6, 6.07) is 10.7. The van der Waals surface area contributed by atoms with Crippen molar-refractivity contribution in [1.29, 1.82) is 0 Å². The van der Waals surface area contributed by atoms with Crippen LogP contribution in [0.1, 0.15) is 16.1 Å². The summed E-state index contributed by atoms with van der Waals surface area (Å²) in [6.45, 7) is 0. The summed E-state index contributed by atoms with van der Waals surface area (Å²) in [7, 11) is 6.19. The van der Waals surface area contributed by atoms with Crippen LogP contribution in [0.15, 0.2) is 41.5 Å². The van der Waals surface area contributed by atoms with Gasteiger partial charge < -0.3 is 23.9 Å². The Kier molecular flexibility index (Phi) is 5.69. The number of hydrazone groups is 1. The number of carbonyl (C=O) groups is 1. The van der Waals surface area contributed by atoms with Crippen molar-refractivity contribution in [3.05, 3.63) is 47.7 Å². The lowest BCUT2D eigenvalue weighted by atomic mass is 10.2. The van der Waals surface area contributed by atoms with Gasteiger partial charge in [-0.3, -0.25) is 4.79 Å². The maximum Gasteiger partial charge on any atom is 0.287 e. The lowest BCUT2D eigenvalue weighted by Gasteiger charge is -2.12. The molecule has 1 aromatic heterocycles. The van der Waals surface area contributed by atoms with E-state index in [9.17, 15) is 4.79 Å². The molecule has 0 fully saturated rings. The number of nitrogens with one attached hydrogen (secondary N) is 2. The van der Waals surface area contributed by atoms with E-state index in [1.165, 1.54) is 27.5 Å². The molecule has 8 heteroatoms. The van der Waals surface area contributed by atoms with Crippen molar-refractivity contribution in [2.45, 2.75) is 0 Å². The quantitative estimate of drug-likeness (QED) is 0.483. The van der Waals surface area contributed by atoms with E-state index in [0.717, 1.165) is 16.7 Å². The predicted molar refractivity (Wildman–Crippen MR) is 106 cm³/mol. The molecule has 2 N–H and O–H groups in total. The van der Waals surface area contributed by atoms with E-state index >= 15 is 0 Å². The Morgan fingerprint density at radius 2 is 1.68 bits per heavy atom. The number of aromatic nitrogens is 1. The van der Waals surface area contributed by atoms with E-state index in [1.54, 1.807) is 25.3 Å². The molecule has 146 valence electrons. The zero-order chi connectivity index (χ0) is 20.1. The van der Waals surface area contributed by atoms with Crippen LogP contribution in [0.2, 0.25) is 0 Å². The van der Waals surface area contributed by atoms with Crippen LogP contribution in [0.5, 0.6) is 23.0 Å². The van der Waals surface area contributed by atoms with Crippen molar-refractivity contribution < 1.29 is 23.7 Å². The smallest absolute Gasteiger partial charge is 0.287 e. The van der Waals surface area contributed by atoms with Gasteiger partial charge in [0.05, 0.1) is 34.7 Å². The summed E-state index contributed by atoms with van der Waals surface area (Å²) in [4.78, 5) is 15.4. The molecule has 0 radical (unpaired) electrons. The van der Waals surface area contributed by atoms with Gasteiger partial charge in [-0.25, -0.2) is 5.43 Å². The minimum atomic E-state index is -0.362. The van der Waals surface area contributed by atoms with Crippen molar-refractivity contribution in [1.82, 2.24) is 10.4 Å². The molecule has 0 aliphatic heterocycles. The van der Waals surface area contributed by atoms with Crippen molar-refractivity contribution in [2.24, 2.45) is 5.10 Å². The first-order valence-electron chi connectivity index (χ1n) is 8.39.